The van der Waals surface area contributed by atoms with Crippen molar-refractivity contribution < 1.29 is 4.39 Å². The van der Waals surface area contributed by atoms with Gasteiger partial charge in [-0.25, -0.2) is 4.39 Å². The maximum atomic E-state index is 13.4. The minimum absolute atomic E-state index is 0.185. The first-order chi connectivity index (χ1) is 8.20. The van der Waals surface area contributed by atoms with E-state index in [0.29, 0.717) is 24.1 Å². The van der Waals surface area contributed by atoms with Gasteiger partial charge in [-0.15, -0.1) is 0 Å². The van der Waals surface area contributed by atoms with Crippen LogP contribution in [0.4, 0.5) is 4.39 Å². The normalized spacial score (nSPS) is 23.4. The molecule has 0 spiro atoms. The third kappa shape index (κ3) is 3.19. The monoisotopic (exact) mass is 235 g/mol. The van der Waals surface area contributed by atoms with E-state index in [-0.39, 0.29) is 5.82 Å². The van der Waals surface area contributed by atoms with Crippen molar-refractivity contribution in [2.75, 3.05) is 7.05 Å². The second kappa shape index (κ2) is 5.17. The van der Waals surface area contributed by atoms with Crippen LogP contribution in [-0.4, -0.2) is 19.0 Å². The van der Waals surface area contributed by atoms with Crippen LogP contribution in [0.25, 0.3) is 0 Å². The Kier molecular flexibility index (Phi) is 3.61. The molecule has 17 heavy (non-hydrogen) atoms. The van der Waals surface area contributed by atoms with Gasteiger partial charge in [0, 0.05) is 25.2 Å². The Bertz CT molecular complexity index is 417. The molecule has 1 aliphatic carbocycles. The number of nitrogens with zero attached hydrogens (tertiary/aromatic N) is 1. The Balaban J connectivity index is 1.86. The van der Waals surface area contributed by atoms with Gasteiger partial charge in [0.05, 0.1) is 0 Å². The maximum Gasteiger partial charge on any atom is 0.191 e. The number of nitrogens with one attached hydrogen (secondary N) is 2. The van der Waals surface area contributed by atoms with E-state index in [0.717, 1.165) is 5.96 Å². The highest BCUT2D eigenvalue weighted by molar-refractivity contribution is 5.80. The minimum Gasteiger partial charge on any atom is -0.353 e. The van der Waals surface area contributed by atoms with Gasteiger partial charge in [0.25, 0.3) is 0 Å². The number of aliphatic imine (C=N–C) groups is 1. The molecule has 0 bridgehead atoms. The summed E-state index contributed by atoms with van der Waals surface area (Å²) in [5, 5.41) is 6.41. The predicted molar refractivity (Wildman–Crippen MR) is 67.3 cm³/mol. The van der Waals surface area contributed by atoms with Crippen LogP contribution in [0, 0.1) is 11.7 Å². The lowest BCUT2D eigenvalue weighted by Crippen LogP contribution is -2.38. The zero-order valence-electron chi connectivity index (χ0n) is 10.2. The molecule has 1 aliphatic rings. The smallest absolute Gasteiger partial charge is 0.191 e. The molecule has 1 fully saturated rings. The standard InChI is InChI=1S/C13H18FN3/c1-9-7-12(9)17-13(15-2)16-8-10-5-3-4-6-11(10)14/h3-6,9,12H,7-8H2,1-2H3,(H2,15,16,17). The molecule has 3 nitrogen and oxygen atoms in total. The first-order valence-electron chi connectivity index (χ1n) is 5.91. The Morgan fingerprint density at radius 3 is 2.76 bits per heavy atom. The highest BCUT2D eigenvalue weighted by Gasteiger charge is 2.33. The van der Waals surface area contributed by atoms with Gasteiger partial charge in [-0.2, -0.15) is 0 Å². The summed E-state index contributed by atoms with van der Waals surface area (Å²) >= 11 is 0. The molecule has 2 atom stereocenters. The average molecular weight is 235 g/mol. The van der Waals surface area contributed by atoms with E-state index in [1.165, 1.54) is 12.5 Å². The third-order valence-corrected chi connectivity index (χ3v) is 3.06. The van der Waals surface area contributed by atoms with Crippen LogP contribution < -0.4 is 10.6 Å². The Morgan fingerprint density at radius 2 is 2.18 bits per heavy atom. The zero-order valence-corrected chi connectivity index (χ0v) is 10.2. The molecule has 0 heterocycles. The van der Waals surface area contributed by atoms with Gasteiger partial charge in [0.1, 0.15) is 5.82 Å². The van der Waals surface area contributed by atoms with E-state index in [4.69, 9.17) is 0 Å². The minimum atomic E-state index is -0.185. The summed E-state index contributed by atoms with van der Waals surface area (Å²) in [5.41, 5.74) is 0.652. The molecule has 2 N–H and O–H groups in total. The summed E-state index contributed by atoms with van der Waals surface area (Å²) < 4.78 is 13.4. The number of hydrogen-bond acceptors (Lipinski definition) is 1. The van der Waals surface area contributed by atoms with Crippen molar-refractivity contribution in [1.29, 1.82) is 0 Å². The number of benzene rings is 1. The van der Waals surface area contributed by atoms with E-state index in [1.54, 1.807) is 19.2 Å². The van der Waals surface area contributed by atoms with Crippen LogP contribution >= 0.6 is 0 Å². The lowest BCUT2D eigenvalue weighted by Gasteiger charge is -2.11. The fraction of sp³-hybridized carbons (Fsp3) is 0.462. The molecular weight excluding hydrogens is 217 g/mol. The Labute approximate surface area is 101 Å². The number of guanidine groups is 1. The summed E-state index contributed by atoms with van der Waals surface area (Å²) in [4.78, 5) is 4.12. The van der Waals surface area contributed by atoms with Crippen LogP contribution in [0.15, 0.2) is 29.3 Å². The SMILES string of the molecule is CN=C(NCc1ccccc1F)NC1CC1C. The van der Waals surface area contributed by atoms with E-state index in [2.05, 4.69) is 22.5 Å². The average Bonchev–Trinajstić information content (AvgIpc) is 3.02. The molecule has 2 rings (SSSR count). The van der Waals surface area contributed by atoms with Gasteiger partial charge in [0.2, 0.25) is 0 Å². The van der Waals surface area contributed by atoms with Gasteiger partial charge < -0.3 is 10.6 Å². The van der Waals surface area contributed by atoms with Crippen molar-refractivity contribution in [1.82, 2.24) is 10.6 Å². The summed E-state index contributed by atoms with van der Waals surface area (Å²) in [7, 11) is 1.73. The fourth-order valence-corrected chi connectivity index (χ4v) is 1.71. The first-order valence-corrected chi connectivity index (χ1v) is 5.91. The molecule has 1 saturated carbocycles. The van der Waals surface area contributed by atoms with Crippen LogP contribution in [0.1, 0.15) is 18.9 Å². The summed E-state index contributed by atoms with van der Waals surface area (Å²) in [6.45, 7) is 2.65. The molecule has 0 aliphatic heterocycles. The lowest BCUT2D eigenvalue weighted by molar-refractivity contribution is 0.604. The topological polar surface area (TPSA) is 36.4 Å². The van der Waals surface area contributed by atoms with Crippen molar-refractivity contribution in [3.05, 3.63) is 35.6 Å². The summed E-state index contributed by atoms with van der Waals surface area (Å²) in [6.07, 6.45) is 1.18. The van der Waals surface area contributed by atoms with Crippen LogP contribution in [-0.2, 0) is 6.54 Å². The van der Waals surface area contributed by atoms with Crippen LogP contribution in [0.2, 0.25) is 0 Å². The zero-order chi connectivity index (χ0) is 12.3. The molecule has 92 valence electrons. The quantitative estimate of drug-likeness (QED) is 0.620. The first kappa shape index (κ1) is 11.9. The highest BCUT2D eigenvalue weighted by atomic mass is 19.1. The van der Waals surface area contributed by atoms with Crippen molar-refractivity contribution >= 4 is 5.96 Å². The highest BCUT2D eigenvalue weighted by Crippen LogP contribution is 2.28. The molecular formula is C13H18FN3. The van der Waals surface area contributed by atoms with Crippen LogP contribution in [0.3, 0.4) is 0 Å². The van der Waals surface area contributed by atoms with Crippen LogP contribution in [0.5, 0.6) is 0 Å². The second-order valence-electron chi connectivity index (χ2n) is 4.48. The number of hydrogen-bond donors (Lipinski definition) is 2. The van der Waals surface area contributed by atoms with E-state index < -0.39 is 0 Å². The van der Waals surface area contributed by atoms with Crippen molar-refractivity contribution in [2.45, 2.75) is 25.9 Å². The summed E-state index contributed by atoms with van der Waals surface area (Å²) in [6, 6.07) is 7.28. The fourth-order valence-electron chi connectivity index (χ4n) is 1.71. The molecule has 1 aromatic carbocycles. The van der Waals surface area contributed by atoms with E-state index in [1.807, 2.05) is 6.07 Å². The van der Waals surface area contributed by atoms with Gasteiger partial charge in [-0.1, -0.05) is 25.1 Å². The molecule has 2 unspecified atom stereocenters. The summed E-state index contributed by atoms with van der Waals surface area (Å²) in [5.74, 6) is 1.26. The van der Waals surface area contributed by atoms with Gasteiger partial charge in [0.15, 0.2) is 5.96 Å². The molecule has 4 heteroatoms. The molecule has 0 amide bonds. The Hall–Kier alpha value is -1.58. The molecule has 1 aromatic rings. The second-order valence-corrected chi connectivity index (χ2v) is 4.48. The van der Waals surface area contributed by atoms with E-state index in [9.17, 15) is 4.39 Å². The maximum absolute atomic E-state index is 13.4. The number of halogens is 1. The van der Waals surface area contributed by atoms with Gasteiger partial charge >= 0.3 is 0 Å². The predicted octanol–water partition coefficient (Wildman–Crippen LogP) is 1.90. The third-order valence-electron chi connectivity index (χ3n) is 3.06. The van der Waals surface area contributed by atoms with Crippen molar-refractivity contribution in [2.24, 2.45) is 10.9 Å². The van der Waals surface area contributed by atoms with E-state index >= 15 is 0 Å². The Morgan fingerprint density at radius 1 is 1.47 bits per heavy atom. The number of rotatable bonds is 3. The largest absolute Gasteiger partial charge is 0.353 e. The molecule has 0 aromatic heterocycles. The lowest BCUT2D eigenvalue weighted by atomic mass is 10.2. The van der Waals surface area contributed by atoms with Gasteiger partial charge in [-0.3, -0.25) is 4.99 Å². The van der Waals surface area contributed by atoms with Gasteiger partial charge in [-0.05, 0) is 18.4 Å². The van der Waals surface area contributed by atoms with Crippen molar-refractivity contribution in [3.8, 4) is 0 Å². The van der Waals surface area contributed by atoms with Crippen molar-refractivity contribution in [3.63, 3.8) is 0 Å². The molecule has 0 saturated heterocycles. The molecule has 0 radical (unpaired) electrons.